The molecule has 0 unspecified atom stereocenters. The Morgan fingerprint density at radius 2 is 2.54 bits per heavy atom. The first-order chi connectivity index (χ1) is 6.27. The van der Waals surface area contributed by atoms with E-state index < -0.39 is 5.97 Å². The summed E-state index contributed by atoms with van der Waals surface area (Å²) in [5.41, 5.74) is 1.35. The van der Waals surface area contributed by atoms with Crippen molar-refractivity contribution in [2.75, 3.05) is 0 Å². The summed E-state index contributed by atoms with van der Waals surface area (Å²) in [5.74, 6) is -0.216. The third-order valence-electron chi connectivity index (χ3n) is 2.62. The molecule has 0 aromatic carbocycles. The fourth-order valence-corrected chi connectivity index (χ4v) is 2.36. The summed E-state index contributed by atoms with van der Waals surface area (Å²) in [5, 5.41) is 12.9. The fourth-order valence-electron chi connectivity index (χ4n) is 1.66. The molecule has 0 saturated heterocycles. The van der Waals surface area contributed by atoms with Crippen molar-refractivity contribution < 1.29 is 9.90 Å². The van der Waals surface area contributed by atoms with Crippen molar-refractivity contribution in [2.45, 2.75) is 19.3 Å². The van der Waals surface area contributed by atoms with Crippen LogP contribution in [-0.2, 0) is 11.2 Å². The van der Waals surface area contributed by atoms with Crippen LogP contribution in [0.2, 0.25) is 0 Å². The van der Waals surface area contributed by atoms with Crippen LogP contribution in [0.5, 0.6) is 0 Å². The smallest absolute Gasteiger partial charge is 0.306 e. The minimum atomic E-state index is -0.615. The lowest BCUT2D eigenvalue weighted by Crippen LogP contribution is -1.99. The normalized spacial score (nSPS) is 25.8. The molecule has 2 atom stereocenters. The molecule has 1 fully saturated rings. The molecule has 2 rings (SSSR count). The summed E-state index contributed by atoms with van der Waals surface area (Å²) in [7, 11) is 0. The van der Waals surface area contributed by atoms with Gasteiger partial charge in [-0.15, -0.1) is 0 Å². The molecule has 0 amide bonds. The summed E-state index contributed by atoms with van der Waals surface area (Å²) in [6.07, 6.45) is 2.96. The summed E-state index contributed by atoms with van der Waals surface area (Å²) >= 11 is 1.70. The van der Waals surface area contributed by atoms with Crippen LogP contribution in [0.15, 0.2) is 16.8 Å². The van der Waals surface area contributed by atoms with Crippen LogP contribution < -0.4 is 0 Å². The minimum absolute atomic E-state index is 0.0429. The molecule has 1 N–H and O–H groups in total. The van der Waals surface area contributed by atoms with Gasteiger partial charge in [0, 0.05) is 0 Å². The van der Waals surface area contributed by atoms with E-state index in [-0.39, 0.29) is 5.92 Å². The van der Waals surface area contributed by atoms with Gasteiger partial charge in [0.25, 0.3) is 0 Å². The Bertz CT molecular complexity index is 292. The first kappa shape index (κ1) is 8.75. The van der Waals surface area contributed by atoms with Gasteiger partial charge in [0.1, 0.15) is 0 Å². The number of aryl methyl sites for hydroxylation is 1. The van der Waals surface area contributed by atoms with Crippen LogP contribution in [0.4, 0.5) is 0 Å². The molecule has 0 radical (unpaired) electrons. The maximum atomic E-state index is 10.5. The van der Waals surface area contributed by atoms with Crippen LogP contribution in [0.1, 0.15) is 18.4 Å². The number of hydrogen-bond acceptors (Lipinski definition) is 2. The highest BCUT2D eigenvalue weighted by Gasteiger charge is 2.42. The maximum Gasteiger partial charge on any atom is 0.306 e. The molecule has 1 aromatic heterocycles. The average Bonchev–Trinajstić information content (AvgIpc) is 2.70. The number of carboxylic acid groups (broad SMARTS) is 1. The number of aliphatic carboxylic acids is 1. The van der Waals surface area contributed by atoms with Crippen molar-refractivity contribution in [3.05, 3.63) is 22.4 Å². The van der Waals surface area contributed by atoms with Gasteiger partial charge in [0.15, 0.2) is 0 Å². The number of hydrogen-bond donors (Lipinski definition) is 1. The second-order valence-electron chi connectivity index (χ2n) is 3.61. The summed E-state index contributed by atoms with van der Waals surface area (Å²) in [4.78, 5) is 10.5. The standard InChI is InChI=1S/C10H12O2S/c11-10(12)9-5-8(9)2-1-7-3-4-13-6-7/h3-4,6,8-9H,1-2,5H2,(H,11,12)/t8-,9-/m1/s1. The molecule has 1 aliphatic carbocycles. The monoisotopic (exact) mass is 196 g/mol. The zero-order chi connectivity index (χ0) is 9.26. The Balaban J connectivity index is 1.74. The number of thiophene rings is 1. The van der Waals surface area contributed by atoms with Crippen LogP contribution >= 0.6 is 11.3 Å². The molecule has 0 aliphatic heterocycles. The van der Waals surface area contributed by atoms with E-state index >= 15 is 0 Å². The summed E-state index contributed by atoms with van der Waals surface area (Å²) in [6.45, 7) is 0. The van der Waals surface area contributed by atoms with Crippen LogP contribution in [0.3, 0.4) is 0 Å². The first-order valence-corrected chi connectivity index (χ1v) is 5.45. The highest BCUT2D eigenvalue weighted by molar-refractivity contribution is 7.07. The largest absolute Gasteiger partial charge is 0.481 e. The van der Waals surface area contributed by atoms with E-state index in [2.05, 4.69) is 16.8 Å². The van der Waals surface area contributed by atoms with Gasteiger partial charge in [-0.3, -0.25) is 4.79 Å². The van der Waals surface area contributed by atoms with Gasteiger partial charge >= 0.3 is 5.97 Å². The van der Waals surface area contributed by atoms with E-state index in [1.54, 1.807) is 11.3 Å². The first-order valence-electron chi connectivity index (χ1n) is 4.51. The van der Waals surface area contributed by atoms with Crippen molar-refractivity contribution in [1.29, 1.82) is 0 Å². The third kappa shape index (κ3) is 2.10. The SMILES string of the molecule is O=C(O)[C@@H]1C[C@H]1CCc1ccsc1. The average molecular weight is 196 g/mol. The van der Waals surface area contributed by atoms with Gasteiger partial charge in [-0.2, -0.15) is 11.3 Å². The van der Waals surface area contributed by atoms with E-state index in [1.165, 1.54) is 5.56 Å². The molecule has 0 spiro atoms. The number of rotatable bonds is 4. The topological polar surface area (TPSA) is 37.3 Å². The molecular weight excluding hydrogens is 184 g/mol. The molecule has 1 aliphatic rings. The van der Waals surface area contributed by atoms with E-state index in [4.69, 9.17) is 5.11 Å². The van der Waals surface area contributed by atoms with Gasteiger partial charge < -0.3 is 5.11 Å². The lowest BCUT2D eigenvalue weighted by Gasteiger charge is -1.95. The molecule has 2 nitrogen and oxygen atoms in total. The quantitative estimate of drug-likeness (QED) is 0.802. The van der Waals surface area contributed by atoms with Crippen molar-refractivity contribution in [1.82, 2.24) is 0 Å². The van der Waals surface area contributed by atoms with Gasteiger partial charge in [0.05, 0.1) is 5.92 Å². The highest BCUT2D eigenvalue weighted by Crippen LogP contribution is 2.42. The summed E-state index contributed by atoms with van der Waals surface area (Å²) in [6, 6.07) is 2.11. The van der Waals surface area contributed by atoms with Gasteiger partial charge in [-0.1, -0.05) is 0 Å². The predicted molar refractivity (Wildman–Crippen MR) is 51.9 cm³/mol. The molecule has 1 saturated carbocycles. The van der Waals surface area contributed by atoms with Crippen molar-refractivity contribution >= 4 is 17.3 Å². The van der Waals surface area contributed by atoms with Gasteiger partial charge in [0.2, 0.25) is 0 Å². The number of carboxylic acids is 1. The van der Waals surface area contributed by atoms with Gasteiger partial charge in [-0.25, -0.2) is 0 Å². The molecule has 1 heterocycles. The molecule has 3 heteroatoms. The van der Waals surface area contributed by atoms with E-state index in [1.807, 2.05) is 0 Å². The molecule has 70 valence electrons. The molecular formula is C10H12O2S. The van der Waals surface area contributed by atoms with Crippen molar-refractivity contribution in [3.8, 4) is 0 Å². The fraction of sp³-hybridized carbons (Fsp3) is 0.500. The second kappa shape index (κ2) is 3.50. The zero-order valence-corrected chi connectivity index (χ0v) is 8.09. The molecule has 0 bridgehead atoms. The zero-order valence-electron chi connectivity index (χ0n) is 7.27. The Hall–Kier alpha value is -0.830. The summed E-state index contributed by atoms with van der Waals surface area (Å²) < 4.78 is 0. The van der Waals surface area contributed by atoms with E-state index in [0.29, 0.717) is 5.92 Å². The lowest BCUT2D eigenvalue weighted by atomic mass is 10.1. The van der Waals surface area contributed by atoms with E-state index in [0.717, 1.165) is 19.3 Å². The Kier molecular flexibility index (Phi) is 2.36. The van der Waals surface area contributed by atoms with E-state index in [9.17, 15) is 4.79 Å². The molecule has 13 heavy (non-hydrogen) atoms. The van der Waals surface area contributed by atoms with Crippen molar-refractivity contribution in [2.24, 2.45) is 11.8 Å². The minimum Gasteiger partial charge on any atom is -0.481 e. The van der Waals surface area contributed by atoms with Crippen molar-refractivity contribution in [3.63, 3.8) is 0 Å². The van der Waals surface area contributed by atoms with Crippen LogP contribution in [-0.4, -0.2) is 11.1 Å². The maximum absolute atomic E-state index is 10.5. The molecule has 1 aromatic rings. The highest BCUT2D eigenvalue weighted by atomic mass is 32.1. The Morgan fingerprint density at radius 3 is 3.08 bits per heavy atom. The third-order valence-corrected chi connectivity index (χ3v) is 3.36. The number of carbonyl (C=O) groups is 1. The van der Waals surface area contributed by atoms with Crippen LogP contribution in [0.25, 0.3) is 0 Å². The van der Waals surface area contributed by atoms with Gasteiger partial charge in [-0.05, 0) is 47.6 Å². The second-order valence-corrected chi connectivity index (χ2v) is 4.39. The predicted octanol–water partition coefficient (Wildman–Crippen LogP) is 2.40. The Morgan fingerprint density at radius 1 is 1.69 bits per heavy atom. The van der Waals surface area contributed by atoms with Crippen LogP contribution in [0, 0.1) is 11.8 Å². The Labute approximate surface area is 81.2 Å². The lowest BCUT2D eigenvalue weighted by molar-refractivity contribution is -0.138.